The summed E-state index contributed by atoms with van der Waals surface area (Å²) < 4.78 is 17.2. The highest BCUT2D eigenvalue weighted by atomic mass is 32.1. The summed E-state index contributed by atoms with van der Waals surface area (Å²) in [5.41, 5.74) is 6.13. The van der Waals surface area contributed by atoms with Gasteiger partial charge in [0.2, 0.25) is 0 Å². The zero-order valence-corrected chi connectivity index (χ0v) is 23.8. The van der Waals surface area contributed by atoms with Gasteiger partial charge in [-0.2, -0.15) is 0 Å². The molecule has 5 aromatic rings. The van der Waals surface area contributed by atoms with Crippen LogP contribution < -0.4 is 14.2 Å². The van der Waals surface area contributed by atoms with Gasteiger partial charge in [-0.05, 0) is 78.1 Å². The first-order valence-electron chi connectivity index (χ1n) is 13.5. The van der Waals surface area contributed by atoms with Gasteiger partial charge in [0.05, 0.1) is 17.2 Å². The molecule has 5 rings (SSSR count). The number of nitrogens with zero attached hydrogens (tertiary/aromatic N) is 1. The predicted octanol–water partition coefficient (Wildman–Crippen LogP) is 8.28. The van der Waals surface area contributed by atoms with Crippen molar-refractivity contribution in [2.45, 2.75) is 26.9 Å². The Bertz CT molecular complexity index is 1600. The monoisotopic (exact) mass is 565 g/mol. The van der Waals surface area contributed by atoms with E-state index in [0.717, 1.165) is 50.0 Å². The molecule has 4 aromatic carbocycles. The molecular weight excluding hydrogens is 534 g/mol. The lowest BCUT2D eigenvalue weighted by Gasteiger charge is -2.09. The normalized spacial score (nSPS) is 10.8. The number of hydrogen-bond acceptors (Lipinski definition) is 6. The number of aromatic nitrogens is 1. The van der Waals surface area contributed by atoms with Gasteiger partial charge in [0.1, 0.15) is 28.9 Å². The van der Waals surface area contributed by atoms with Crippen LogP contribution in [0.15, 0.2) is 97.1 Å². The maximum absolute atomic E-state index is 10.8. The molecule has 0 atom stereocenters. The van der Waals surface area contributed by atoms with E-state index in [-0.39, 0.29) is 6.61 Å². The number of thiazole rings is 1. The second kappa shape index (κ2) is 13.2. The standard InChI is InChI=1S/C34H31NO5S/c1-3-19-38-28-15-13-26(14-16-28)33-34(27-11-9-25(10-12-27)24-7-5-4-6-8-24)41-31(35-33)21-39-29-17-18-30(23(2)20-29)40-22-32(36)37/h4-18,20H,3,19,21-22H2,1-2H3,(H,36,37). The molecular formula is C34H31NO5S. The Morgan fingerprint density at radius 3 is 2.12 bits per heavy atom. The molecule has 0 saturated heterocycles. The maximum Gasteiger partial charge on any atom is 0.341 e. The number of carboxylic acid groups (broad SMARTS) is 1. The summed E-state index contributed by atoms with van der Waals surface area (Å²) >= 11 is 1.61. The third-order valence-corrected chi connectivity index (χ3v) is 7.46. The minimum Gasteiger partial charge on any atom is -0.494 e. The fourth-order valence-corrected chi connectivity index (χ4v) is 5.35. The number of aliphatic carboxylic acids is 1. The van der Waals surface area contributed by atoms with Crippen LogP contribution in [-0.2, 0) is 11.4 Å². The summed E-state index contributed by atoms with van der Waals surface area (Å²) in [5, 5.41) is 9.72. The number of carbonyl (C=O) groups is 1. The van der Waals surface area contributed by atoms with E-state index < -0.39 is 5.97 Å². The average molecular weight is 566 g/mol. The molecule has 0 amide bonds. The van der Waals surface area contributed by atoms with Gasteiger partial charge >= 0.3 is 5.97 Å². The van der Waals surface area contributed by atoms with Crippen molar-refractivity contribution in [3.05, 3.63) is 108 Å². The molecule has 1 heterocycles. The molecule has 6 nitrogen and oxygen atoms in total. The lowest BCUT2D eigenvalue weighted by Crippen LogP contribution is -2.10. The first-order valence-corrected chi connectivity index (χ1v) is 14.3. The largest absolute Gasteiger partial charge is 0.494 e. The highest BCUT2D eigenvalue weighted by molar-refractivity contribution is 7.15. The molecule has 1 N–H and O–H groups in total. The number of benzene rings is 4. The van der Waals surface area contributed by atoms with Crippen LogP contribution in [0.1, 0.15) is 23.9 Å². The van der Waals surface area contributed by atoms with Gasteiger partial charge in [-0.15, -0.1) is 11.3 Å². The van der Waals surface area contributed by atoms with Crippen molar-refractivity contribution in [1.29, 1.82) is 0 Å². The van der Waals surface area contributed by atoms with E-state index >= 15 is 0 Å². The van der Waals surface area contributed by atoms with E-state index in [1.54, 1.807) is 23.5 Å². The summed E-state index contributed by atoms with van der Waals surface area (Å²) in [6.45, 7) is 4.54. The lowest BCUT2D eigenvalue weighted by atomic mass is 10.0. The summed E-state index contributed by atoms with van der Waals surface area (Å²) in [6, 6.07) is 32.3. The second-order valence-corrected chi connectivity index (χ2v) is 10.6. The number of ether oxygens (including phenoxy) is 3. The third kappa shape index (κ3) is 7.13. The molecule has 0 spiro atoms. The quantitative estimate of drug-likeness (QED) is 0.164. The number of hydrogen-bond donors (Lipinski definition) is 1. The van der Waals surface area contributed by atoms with Crippen LogP contribution in [0, 0.1) is 6.92 Å². The summed E-state index contributed by atoms with van der Waals surface area (Å²) in [7, 11) is 0. The molecule has 41 heavy (non-hydrogen) atoms. The lowest BCUT2D eigenvalue weighted by molar-refractivity contribution is -0.139. The topological polar surface area (TPSA) is 77.9 Å². The summed E-state index contributed by atoms with van der Waals surface area (Å²) in [5.74, 6) is 1.00. The Labute approximate surface area is 243 Å². The van der Waals surface area contributed by atoms with Gasteiger partial charge in [-0.1, -0.05) is 61.5 Å². The van der Waals surface area contributed by atoms with Crippen LogP contribution in [0.4, 0.5) is 0 Å². The van der Waals surface area contributed by atoms with E-state index in [1.165, 1.54) is 5.56 Å². The number of carboxylic acids is 1. The smallest absolute Gasteiger partial charge is 0.341 e. The van der Waals surface area contributed by atoms with Crippen LogP contribution in [0.3, 0.4) is 0 Å². The van der Waals surface area contributed by atoms with E-state index in [1.807, 2.05) is 55.5 Å². The van der Waals surface area contributed by atoms with Crippen molar-refractivity contribution >= 4 is 17.3 Å². The van der Waals surface area contributed by atoms with Crippen LogP contribution in [0.2, 0.25) is 0 Å². The van der Waals surface area contributed by atoms with E-state index in [0.29, 0.717) is 24.7 Å². The Kier molecular flexibility index (Phi) is 8.96. The maximum atomic E-state index is 10.8. The van der Waals surface area contributed by atoms with Gasteiger partial charge in [0, 0.05) is 5.56 Å². The predicted molar refractivity (Wildman–Crippen MR) is 163 cm³/mol. The van der Waals surface area contributed by atoms with Crippen LogP contribution in [-0.4, -0.2) is 29.3 Å². The van der Waals surface area contributed by atoms with Crippen LogP contribution in [0.5, 0.6) is 17.2 Å². The molecule has 0 aliphatic rings. The second-order valence-electron chi connectivity index (χ2n) is 9.50. The van der Waals surface area contributed by atoms with Gasteiger partial charge in [0.25, 0.3) is 0 Å². The highest BCUT2D eigenvalue weighted by Gasteiger charge is 2.16. The van der Waals surface area contributed by atoms with Gasteiger partial charge < -0.3 is 19.3 Å². The third-order valence-electron chi connectivity index (χ3n) is 6.39. The summed E-state index contributed by atoms with van der Waals surface area (Å²) in [6.07, 6.45) is 0.956. The summed E-state index contributed by atoms with van der Waals surface area (Å²) in [4.78, 5) is 16.9. The van der Waals surface area contributed by atoms with E-state index in [9.17, 15) is 4.79 Å². The zero-order chi connectivity index (χ0) is 28.6. The molecule has 0 unspecified atom stereocenters. The van der Waals surface area contributed by atoms with Crippen LogP contribution >= 0.6 is 11.3 Å². The average Bonchev–Trinajstić information content (AvgIpc) is 3.43. The molecule has 0 fully saturated rings. The van der Waals surface area contributed by atoms with E-state index in [4.69, 9.17) is 24.3 Å². The molecule has 208 valence electrons. The van der Waals surface area contributed by atoms with Crippen molar-refractivity contribution in [1.82, 2.24) is 4.98 Å². The number of rotatable bonds is 12. The SMILES string of the molecule is CCCOc1ccc(-c2nc(COc3ccc(OCC(=O)O)c(C)c3)sc2-c2ccc(-c3ccccc3)cc2)cc1. The molecule has 0 aliphatic heterocycles. The minimum absolute atomic E-state index is 0.298. The van der Waals surface area contributed by atoms with E-state index in [2.05, 4.69) is 43.3 Å². The van der Waals surface area contributed by atoms with Crippen molar-refractivity contribution in [2.24, 2.45) is 0 Å². The van der Waals surface area contributed by atoms with Crippen molar-refractivity contribution < 1.29 is 24.1 Å². The van der Waals surface area contributed by atoms with Gasteiger partial charge in [0.15, 0.2) is 6.61 Å². The Morgan fingerprint density at radius 2 is 1.44 bits per heavy atom. The van der Waals surface area contributed by atoms with Gasteiger partial charge in [-0.3, -0.25) is 0 Å². The fourth-order valence-electron chi connectivity index (χ4n) is 4.35. The molecule has 0 radical (unpaired) electrons. The molecule has 0 aliphatic carbocycles. The fraction of sp³-hybridized carbons (Fsp3) is 0.176. The van der Waals surface area contributed by atoms with Crippen molar-refractivity contribution in [2.75, 3.05) is 13.2 Å². The Balaban J connectivity index is 1.40. The van der Waals surface area contributed by atoms with Crippen molar-refractivity contribution in [3.8, 4) is 50.1 Å². The molecule has 1 aromatic heterocycles. The molecule has 7 heteroatoms. The van der Waals surface area contributed by atoms with Crippen molar-refractivity contribution in [3.63, 3.8) is 0 Å². The zero-order valence-electron chi connectivity index (χ0n) is 23.0. The number of aryl methyl sites for hydroxylation is 1. The Hall–Kier alpha value is -4.62. The van der Waals surface area contributed by atoms with Gasteiger partial charge in [-0.25, -0.2) is 9.78 Å². The first-order chi connectivity index (χ1) is 20.0. The Morgan fingerprint density at radius 1 is 0.780 bits per heavy atom. The molecule has 0 bridgehead atoms. The molecule has 0 saturated carbocycles. The highest BCUT2D eigenvalue weighted by Crippen LogP contribution is 2.38. The minimum atomic E-state index is -1.02. The first kappa shape index (κ1) is 27.9. The van der Waals surface area contributed by atoms with Crippen LogP contribution in [0.25, 0.3) is 32.8 Å².